The van der Waals surface area contributed by atoms with Crippen LogP contribution in [0, 0.1) is 11.7 Å². The molecule has 0 atom stereocenters. The van der Waals surface area contributed by atoms with Gasteiger partial charge in [0.05, 0.1) is 11.9 Å². The summed E-state index contributed by atoms with van der Waals surface area (Å²) in [6, 6.07) is 9.08. The van der Waals surface area contributed by atoms with Gasteiger partial charge in [-0.3, -0.25) is 4.79 Å². The summed E-state index contributed by atoms with van der Waals surface area (Å²) in [5, 5.41) is 2.80. The first-order chi connectivity index (χ1) is 9.70. The van der Waals surface area contributed by atoms with Crippen LogP contribution in [0.5, 0.6) is 11.6 Å². The molecule has 0 bridgehead atoms. The molecule has 3 rings (SSSR count). The number of hydrogen-bond acceptors (Lipinski definition) is 3. The Bertz CT molecular complexity index is 607. The van der Waals surface area contributed by atoms with E-state index in [9.17, 15) is 9.18 Å². The first kappa shape index (κ1) is 12.6. The fourth-order valence-corrected chi connectivity index (χ4v) is 1.73. The third kappa shape index (κ3) is 3.12. The van der Waals surface area contributed by atoms with Crippen molar-refractivity contribution in [1.29, 1.82) is 0 Å². The molecule has 1 heterocycles. The number of benzene rings is 1. The average molecular weight is 272 g/mol. The molecule has 2 aromatic rings. The van der Waals surface area contributed by atoms with Crippen LogP contribution in [-0.2, 0) is 4.79 Å². The van der Waals surface area contributed by atoms with Crippen molar-refractivity contribution in [1.82, 2.24) is 4.98 Å². The van der Waals surface area contributed by atoms with Gasteiger partial charge in [-0.1, -0.05) is 0 Å². The molecule has 1 N–H and O–H groups in total. The van der Waals surface area contributed by atoms with Crippen LogP contribution in [0.3, 0.4) is 0 Å². The molecule has 1 fully saturated rings. The Morgan fingerprint density at radius 3 is 2.55 bits per heavy atom. The summed E-state index contributed by atoms with van der Waals surface area (Å²) < 4.78 is 18.2. The smallest absolute Gasteiger partial charge is 0.227 e. The number of anilines is 1. The maximum Gasteiger partial charge on any atom is 0.227 e. The molecule has 4 nitrogen and oxygen atoms in total. The van der Waals surface area contributed by atoms with E-state index in [0.29, 0.717) is 17.3 Å². The van der Waals surface area contributed by atoms with Crippen molar-refractivity contribution >= 4 is 11.6 Å². The van der Waals surface area contributed by atoms with E-state index in [1.165, 1.54) is 24.3 Å². The Balaban J connectivity index is 1.63. The minimum absolute atomic E-state index is 0.0407. The van der Waals surface area contributed by atoms with Gasteiger partial charge in [0, 0.05) is 12.0 Å². The summed E-state index contributed by atoms with van der Waals surface area (Å²) in [7, 11) is 0. The SMILES string of the molecule is O=C(Nc1ccc(Oc2ccc(F)cc2)nc1)C1CC1. The lowest BCUT2D eigenvalue weighted by atomic mass is 10.3. The summed E-state index contributed by atoms with van der Waals surface area (Å²) in [6.45, 7) is 0. The second-order valence-electron chi connectivity index (χ2n) is 4.70. The zero-order chi connectivity index (χ0) is 13.9. The number of amides is 1. The zero-order valence-electron chi connectivity index (χ0n) is 10.7. The van der Waals surface area contributed by atoms with Gasteiger partial charge in [-0.15, -0.1) is 0 Å². The van der Waals surface area contributed by atoms with Crippen molar-refractivity contribution < 1.29 is 13.9 Å². The Labute approximate surface area is 115 Å². The van der Waals surface area contributed by atoms with Crippen LogP contribution in [0.15, 0.2) is 42.6 Å². The Kier molecular flexibility index (Phi) is 3.33. The molecule has 1 amide bonds. The fraction of sp³-hybridized carbons (Fsp3) is 0.200. The van der Waals surface area contributed by atoms with Crippen LogP contribution in [-0.4, -0.2) is 10.9 Å². The number of carbonyl (C=O) groups excluding carboxylic acids is 1. The molecule has 0 saturated heterocycles. The highest BCUT2D eigenvalue weighted by Gasteiger charge is 2.29. The number of aromatic nitrogens is 1. The second kappa shape index (κ2) is 5.28. The number of carbonyl (C=O) groups is 1. The lowest BCUT2D eigenvalue weighted by molar-refractivity contribution is -0.117. The van der Waals surface area contributed by atoms with Crippen molar-refractivity contribution in [2.24, 2.45) is 5.92 Å². The van der Waals surface area contributed by atoms with E-state index in [0.717, 1.165) is 12.8 Å². The molecule has 5 heteroatoms. The summed E-state index contributed by atoms with van der Waals surface area (Å²) in [6.07, 6.45) is 3.47. The van der Waals surface area contributed by atoms with Crippen LogP contribution in [0.25, 0.3) is 0 Å². The molecule has 0 aliphatic heterocycles. The highest BCUT2D eigenvalue weighted by molar-refractivity contribution is 5.93. The minimum atomic E-state index is -0.316. The van der Waals surface area contributed by atoms with E-state index in [-0.39, 0.29) is 17.6 Å². The zero-order valence-corrected chi connectivity index (χ0v) is 10.7. The predicted octanol–water partition coefficient (Wildman–Crippen LogP) is 3.36. The molecule has 0 spiro atoms. The van der Waals surface area contributed by atoms with E-state index in [1.54, 1.807) is 18.3 Å². The number of pyridine rings is 1. The van der Waals surface area contributed by atoms with E-state index in [2.05, 4.69) is 10.3 Å². The maximum absolute atomic E-state index is 12.8. The largest absolute Gasteiger partial charge is 0.439 e. The lowest BCUT2D eigenvalue weighted by Crippen LogP contribution is -2.13. The highest BCUT2D eigenvalue weighted by atomic mass is 19.1. The van der Waals surface area contributed by atoms with Gasteiger partial charge in [-0.05, 0) is 43.2 Å². The predicted molar refractivity (Wildman–Crippen MR) is 72.1 cm³/mol. The quantitative estimate of drug-likeness (QED) is 0.928. The van der Waals surface area contributed by atoms with E-state index in [1.807, 2.05) is 0 Å². The van der Waals surface area contributed by atoms with Crippen LogP contribution < -0.4 is 10.1 Å². The molecule has 1 aromatic heterocycles. The van der Waals surface area contributed by atoms with Crippen LogP contribution >= 0.6 is 0 Å². The van der Waals surface area contributed by atoms with Gasteiger partial charge in [0.25, 0.3) is 0 Å². The third-order valence-corrected chi connectivity index (χ3v) is 2.99. The summed E-state index contributed by atoms with van der Waals surface area (Å²) >= 11 is 0. The van der Waals surface area contributed by atoms with Gasteiger partial charge in [0.2, 0.25) is 11.8 Å². The van der Waals surface area contributed by atoms with E-state index >= 15 is 0 Å². The standard InChI is InChI=1S/C15H13FN2O2/c16-11-3-6-13(7-4-11)20-14-8-5-12(9-17-14)18-15(19)10-1-2-10/h3-10H,1-2H2,(H,18,19). The van der Waals surface area contributed by atoms with Gasteiger partial charge in [0.1, 0.15) is 11.6 Å². The summed E-state index contributed by atoms with van der Waals surface area (Å²) in [4.78, 5) is 15.7. The molecule has 1 aliphatic rings. The summed E-state index contributed by atoms with van der Waals surface area (Å²) in [5.74, 6) is 0.780. The molecule has 1 saturated carbocycles. The van der Waals surface area contributed by atoms with Gasteiger partial charge in [0.15, 0.2) is 0 Å². The molecular weight excluding hydrogens is 259 g/mol. The van der Waals surface area contributed by atoms with E-state index in [4.69, 9.17) is 4.74 Å². The van der Waals surface area contributed by atoms with Crippen LogP contribution in [0.2, 0.25) is 0 Å². The summed E-state index contributed by atoms with van der Waals surface area (Å²) in [5.41, 5.74) is 0.647. The highest BCUT2D eigenvalue weighted by Crippen LogP contribution is 2.30. The van der Waals surface area contributed by atoms with Crippen molar-refractivity contribution in [3.8, 4) is 11.6 Å². The van der Waals surface area contributed by atoms with Gasteiger partial charge >= 0.3 is 0 Å². The van der Waals surface area contributed by atoms with Crippen LogP contribution in [0.4, 0.5) is 10.1 Å². The fourth-order valence-electron chi connectivity index (χ4n) is 1.73. The van der Waals surface area contributed by atoms with E-state index < -0.39 is 0 Å². The average Bonchev–Trinajstić information content (AvgIpc) is 3.28. The maximum atomic E-state index is 12.8. The third-order valence-electron chi connectivity index (χ3n) is 2.99. The number of hydrogen-bond donors (Lipinski definition) is 1. The molecular formula is C15H13FN2O2. The molecule has 1 aliphatic carbocycles. The van der Waals surface area contributed by atoms with Crippen molar-refractivity contribution in [2.75, 3.05) is 5.32 Å². The van der Waals surface area contributed by atoms with Gasteiger partial charge < -0.3 is 10.1 Å². The Morgan fingerprint density at radius 1 is 1.20 bits per heavy atom. The molecule has 102 valence electrons. The first-order valence-corrected chi connectivity index (χ1v) is 6.41. The van der Waals surface area contributed by atoms with Crippen molar-refractivity contribution in [3.63, 3.8) is 0 Å². The first-order valence-electron chi connectivity index (χ1n) is 6.41. The normalized spacial score (nSPS) is 13.8. The monoisotopic (exact) mass is 272 g/mol. The number of nitrogens with one attached hydrogen (secondary N) is 1. The molecule has 1 aromatic carbocycles. The van der Waals surface area contributed by atoms with Crippen molar-refractivity contribution in [2.45, 2.75) is 12.8 Å². The van der Waals surface area contributed by atoms with Crippen molar-refractivity contribution in [3.05, 3.63) is 48.4 Å². The number of rotatable bonds is 4. The molecule has 0 radical (unpaired) electrons. The lowest BCUT2D eigenvalue weighted by Gasteiger charge is -2.06. The second-order valence-corrected chi connectivity index (χ2v) is 4.70. The van der Waals surface area contributed by atoms with Gasteiger partial charge in [-0.2, -0.15) is 0 Å². The van der Waals surface area contributed by atoms with Crippen LogP contribution in [0.1, 0.15) is 12.8 Å². The minimum Gasteiger partial charge on any atom is -0.439 e. The topological polar surface area (TPSA) is 51.2 Å². The number of halogens is 1. The van der Waals surface area contributed by atoms with Gasteiger partial charge in [-0.25, -0.2) is 9.37 Å². The number of nitrogens with zero attached hydrogens (tertiary/aromatic N) is 1. The molecule has 20 heavy (non-hydrogen) atoms. The Hall–Kier alpha value is -2.43. The number of ether oxygens (including phenoxy) is 1. The molecule has 0 unspecified atom stereocenters. The Morgan fingerprint density at radius 2 is 1.95 bits per heavy atom.